The molecule has 8 nitrogen and oxygen atoms in total. The van der Waals surface area contributed by atoms with Crippen molar-refractivity contribution in [3.05, 3.63) is 47.7 Å². The Hall–Kier alpha value is -1.88. The second-order valence-corrected chi connectivity index (χ2v) is 9.81. The molecule has 2 N–H and O–H groups in total. The van der Waals surface area contributed by atoms with Gasteiger partial charge in [-0.3, -0.25) is 9.11 Å². The van der Waals surface area contributed by atoms with Gasteiger partial charge in [-0.1, -0.05) is 30.4 Å². The van der Waals surface area contributed by atoms with Crippen LogP contribution < -0.4 is 0 Å². The zero-order chi connectivity index (χ0) is 21.0. The molecule has 0 fully saturated rings. The number of thiocarbonyl (C=S) groups is 2. The summed E-state index contributed by atoms with van der Waals surface area (Å²) in [5.41, 5.74) is 1.15. The molecule has 0 bridgehead atoms. The molecule has 148 valence electrons. The van der Waals surface area contributed by atoms with Crippen molar-refractivity contribution < 1.29 is 25.9 Å². The van der Waals surface area contributed by atoms with Gasteiger partial charge in [0.2, 0.25) is 4.08 Å². The van der Waals surface area contributed by atoms with Crippen LogP contribution in [0.2, 0.25) is 0 Å². The zero-order valence-electron chi connectivity index (χ0n) is 14.1. The van der Waals surface area contributed by atoms with Gasteiger partial charge in [-0.15, -0.1) is 0 Å². The summed E-state index contributed by atoms with van der Waals surface area (Å²) in [5, 5.41) is 4.23. The average Bonchev–Trinajstić information content (AvgIpc) is 2.60. The molecule has 1 aromatic rings. The Morgan fingerprint density at radius 2 is 1.61 bits per heavy atom. The van der Waals surface area contributed by atoms with Gasteiger partial charge in [0.15, 0.2) is 0 Å². The quantitative estimate of drug-likeness (QED) is 0.377. The third-order valence-electron chi connectivity index (χ3n) is 4.25. The van der Waals surface area contributed by atoms with Gasteiger partial charge in [-0.25, -0.2) is 0 Å². The average molecular weight is 459 g/mol. The van der Waals surface area contributed by atoms with Crippen molar-refractivity contribution in [3.63, 3.8) is 0 Å². The Bertz CT molecular complexity index is 1090. The number of isothiocyanates is 2. The molecule has 1 atom stereocenters. The van der Waals surface area contributed by atoms with Crippen LogP contribution in [0, 0.1) is 5.92 Å². The van der Waals surface area contributed by atoms with E-state index in [2.05, 4.69) is 39.6 Å². The predicted octanol–water partition coefficient (Wildman–Crippen LogP) is 3.30. The van der Waals surface area contributed by atoms with Crippen LogP contribution in [0.25, 0.3) is 6.08 Å². The maximum atomic E-state index is 12.1. The van der Waals surface area contributed by atoms with E-state index in [1.54, 1.807) is 24.3 Å². The second-order valence-electron chi connectivity index (χ2n) is 5.83. The molecule has 0 radical (unpaired) electrons. The maximum absolute atomic E-state index is 12.1. The Morgan fingerprint density at radius 3 is 2.11 bits per heavy atom. The second kappa shape index (κ2) is 8.64. The SMILES string of the molecule is O=S(=O)(O)C1(S(=O)(=O)O)CC(N=C=S)=CCC1C=Cc1ccc(N=C=S)cc1. The molecule has 0 aliphatic heterocycles. The lowest BCUT2D eigenvalue weighted by Crippen LogP contribution is -2.52. The summed E-state index contributed by atoms with van der Waals surface area (Å²) in [5.74, 6) is -1.28. The van der Waals surface area contributed by atoms with Crippen LogP contribution in [0.4, 0.5) is 5.69 Å². The molecule has 0 spiro atoms. The van der Waals surface area contributed by atoms with E-state index in [4.69, 9.17) is 0 Å². The first kappa shape index (κ1) is 22.4. The van der Waals surface area contributed by atoms with E-state index in [1.807, 2.05) is 5.16 Å². The van der Waals surface area contributed by atoms with E-state index >= 15 is 0 Å². The molecular formula is C16H14N2O6S4. The van der Waals surface area contributed by atoms with Crippen molar-refractivity contribution in [2.24, 2.45) is 15.9 Å². The Labute approximate surface area is 172 Å². The summed E-state index contributed by atoms with van der Waals surface area (Å²) in [6, 6.07) is 6.55. The normalized spacial score (nSPS) is 19.4. The first-order chi connectivity index (χ1) is 13.0. The van der Waals surface area contributed by atoms with E-state index in [1.165, 1.54) is 18.2 Å². The molecular weight excluding hydrogens is 444 g/mol. The van der Waals surface area contributed by atoms with Gasteiger partial charge in [0.05, 0.1) is 21.7 Å². The van der Waals surface area contributed by atoms with Gasteiger partial charge in [-0.2, -0.15) is 26.8 Å². The van der Waals surface area contributed by atoms with Crippen LogP contribution in [0.3, 0.4) is 0 Å². The molecule has 0 heterocycles. The highest BCUT2D eigenvalue weighted by atomic mass is 32.3. The maximum Gasteiger partial charge on any atom is 0.288 e. The fourth-order valence-electron chi connectivity index (χ4n) is 2.91. The smallest absolute Gasteiger partial charge is 0.284 e. The summed E-state index contributed by atoms with van der Waals surface area (Å²) in [6.45, 7) is 0. The molecule has 12 heteroatoms. The minimum atomic E-state index is -5.25. The third-order valence-corrected chi connectivity index (χ3v) is 8.34. The lowest BCUT2D eigenvalue weighted by Gasteiger charge is -2.35. The van der Waals surface area contributed by atoms with Crippen LogP contribution in [-0.4, -0.2) is 40.3 Å². The summed E-state index contributed by atoms with van der Waals surface area (Å²) in [4.78, 5) is 7.41. The Kier molecular flexibility index (Phi) is 6.92. The number of hydrogen-bond donors (Lipinski definition) is 2. The van der Waals surface area contributed by atoms with Gasteiger partial charge in [0.25, 0.3) is 20.2 Å². The van der Waals surface area contributed by atoms with Gasteiger partial charge in [0, 0.05) is 12.3 Å². The molecule has 0 amide bonds. The highest BCUT2D eigenvalue weighted by Crippen LogP contribution is 2.44. The van der Waals surface area contributed by atoms with Crippen molar-refractivity contribution in [1.29, 1.82) is 0 Å². The summed E-state index contributed by atoms with van der Waals surface area (Å²) < 4.78 is 64.9. The van der Waals surface area contributed by atoms with Crippen LogP contribution in [0.15, 0.2) is 52.1 Å². The fraction of sp³-hybridized carbons (Fsp3) is 0.250. The van der Waals surface area contributed by atoms with Crippen molar-refractivity contribution in [2.75, 3.05) is 0 Å². The van der Waals surface area contributed by atoms with E-state index in [9.17, 15) is 25.9 Å². The Morgan fingerprint density at radius 1 is 1.04 bits per heavy atom. The highest BCUT2D eigenvalue weighted by Gasteiger charge is 2.60. The summed E-state index contributed by atoms with van der Waals surface area (Å²) in [6.07, 6.45) is 3.35. The van der Waals surface area contributed by atoms with E-state index < -0.39 is 36.7 Å². The number of benzene rings is 1. The Balaban J connectivity index is 2.55. The summed E-state index contributed by atoms with van der Waals surface area (Å²) >= 11 is 8.97. The van der Waals surface area contributed by atoms with Gasteiger partial charge in [-0.05, 0) is 48.6 Å². The van der Waals surface area contributed by atoms with Crippen LogP contribution in [-0.2, 0) is 20.2 Å². The van der Waals surface area contributed by atoms with E-state index in [0.717, 1.165) is 0 Å². The number of hydrogen-bond acceptors (Lipinski definition) is 8. The van der Waals surface area contributed by atoms with Crippen molar-refractivity contribution in [2.45, 2.75) is 16.9 Å². The fourth-order valence-corrected chi connectivity index (χ4v) is 5.97. The predicted molar refractivity (Wildman–Crippen MR) is 112 cm³/mol. The zero-order valence-corrected chi connectivity index (χ0v) is 17.4. The molecule has 1 aromatic carbocycles. The largest absolute Gasteiger partial charge is 0.288 e. The van der Waals surface area contributed by atoms with Crippen LogP contribution >= 0.6 is 24.4 Å². The first-order valence-electron chi connectivity index (χ1n) is 7.62. The first-order valence-corrected chi connectivity index (χ1v) is 11.3. The molecule has 1 aliphatic carbocycles. The van der Waals surface area contributed by atoms with Crippen molar-refractivity contribution in [3.8, 4) is 0 Å². The van der Waals surface area contributed by atoms with E-state index in [-0.39, 0.29) is 12.1 Å². The van der Waals surface area contributed by atoms with Crippen molar-refractivity contribution >= 4 is 66.8 Å². The topological polar surface area (TPSA) is 133 Å². The minimum absolute atomic E-state index is 0.0164. The van der Waals surface area contributed by atoms with Gasteiger partial charge < -0.3 is 0 Å². The molecule has 2 rings (SSSR count). The molecule has 1 aliphatic rings. The van der Waals surface area contributed by atoms with Crippen LogP contribution in [0.1, 0.15) is 18.4 Å². The highest BCUT2D eigenvalue weighted by molar-refractivity contribution is 8.05. The number of aliphatic imine (C=N–C) groups is 2. The standard InChI is InChI=1S/C16H14N2O6S4/c19-27(20,21)16(28(22,23)24)9-15(18-11-26)8-5-13(16)4-1-12-2-6-14(7-3-12)17-10-25/h1-4,6-8,13H,5,9H2,(H,19,20,21)(H,22,23,24). The molecule has 0 saturated carbocycles. The van der Waals surface area contributed by atoms with Gasteiger partial charge in [0.1, 0.15) is 0 Å². The summed E-state index contributed by atoms with van der Waals surface area (Å²) in [7, 11) is -10.5. The minimum Gasteiger partial charge on any atom is -0.284 e. The lowest BCUT2D eigenvalue weighted by molar-refractivity contribution is 0.376. The third kappa shape index (κ3) is 4.57. The molecule has 0 saturated heterocycles. The molecule has 28 heavy (non-hydrogen) atoms. The molecule has 0 aromatic heterocycles. The number of allylic oxidation sites excluding steroid dienone is 3. The lowest BCUT2D eigenvalue weighted by atomic mass is 9.90. The van der Waals surface area contributed by atoms with Gasteiger partial charge >= 0.3 is 0 Å². The molecule has 1 unspecified atom stereocenters. The van der Waals surface area contributed by atoms with Crippen LogP contribution in [0.5, 0.6) is 0 Å². The van der Waals surface area contributed by atoms with Crippen molar-refractivity contribution in [1.82, 2.24) is 0 Å². The number of nitrogens with zero attached hydrogens (tertiary/aromatic N) is 2. The van der Waals surface area contributed by atoms with E-state index in [0.29, 0.717) is 11.3 Å². The number of rotatable bonds is 6. The monoisotopic (exact) mass is 458 g/mol.